The van der Waals surface area contributed by atoms with Crippen molar-refractivity contribution in [2.45, 2.75) is 19.0 Å². The van der Waals surface area contributed by atoms with E-state index in [2.05, 4.69) is 39.8 Å². The van der Waals surface area contributed by atoms with Gasteiger partial charge in [-0.05, 0) is 42.4 Å². The molecule has 0 saturated heterocycles. The molecule has 0 bridgehead atoms. The zero-order chi connectivity index (χ0) is 16.2. The van der Waals surface area contributed by atoms with Gasteiger partial charge < -0.3 is 20.2 Å². The average molecular weight is 330 g/mol. The highest BCUT2D eigenvalue weighted by atomic mass is 32.1. The predicted molar refractivity (Wildman–Crippen MR) is 93.4 cm³/mol. The fourth-order valence-electron chi connectivity index (χ4n) is 2.78. The molecule has 1 aromatic carbocycles. The highest BCUT2D eigenvalue weighted by Crippen LogP contribution is 2.33. The number of benzene rings is 1. The Morgan fingerprint density at radius 3 is 3.04 bits per heavy atom. The average Bonchev–Trinajstić information content (AvgIpc) is 3.12. The topological polar surface area (TPSA) is 87.0 Å². The van der Waals surface area contributed by atoms with Gasteiger partial charge in [0.05, 0.1) is 25.4 Å². The largest absolute Gasteiger partial charge is 0.458 e. The fraction of sp³-hybridized carbons (Fsp3) is 0.250. The highest BCUT2D eigenvalue weighted by Gasteiger charge is 2.28. The standard InChI is InChI=1S/C16H18N4O2S/c17-16(23)19-18-8-13-5-6-14(22-13)9-20-12(10-21)7-11-3-1-2-4-15(11)20/h1-6,8,12,21H,7,9-10H2,(H3,17,19,23)/b18-8+/t12-/m0/s1. The van der Waals surface area contributed by atoms with E-state index >= 15 is 0 Å². The zero-order valence-electron chi connectivity index (χ0n) is 12.5. The molecule has 1 aromatic heterocycles. The van der Waals surface area contributed by atoms with E-state index in [4.69, 9.17) is 10.2 Å². The minimum Gasteiger partial charge on any atom is -0.458 e. The highest BCUT2D eigenvalue weighted by molar-refractivity contribution is 7.80. The van der Waals surface area contributed by atoms with Gasteiger partial charge >= 0.3 is 0 Å². The Hall–Kier alpha value is -2.38. The molecule has 1 aliphatic heterocycles. The summed E-state index contributed by atoms with van der Waals surface area (Å²) in [6.07, 6.45) is 2.36. The molecule has 0 spiro atoms. The first-order valence-electron chi connectivity index (χ1n) is 7.30. The van der Waals surface area contributed by atoms with Crippen LogP contribution in [0.3, 0.4) is 0 Å². The van der Waals surface area contributed by atoms with E-state index in [1.54, 1.807) is 0 Å². The minimum atomic E-state index is 0.0749. The molecule has 23 heavy (non-hydrogen) atoms. The Morgan fingerprint density at radius 2 is 2.26 bits per heavy atom. The summed E-state index contributed by atoms with van der Waals surface area (Å²) in [6, 6.07) is 12.0. The van der Waals surface area contributed by atoms with Crippen LogP contribution in [0.1, 0.15) is 17.1 Å². The Morgan fingerprint density at radius 1 is 1.43 bits per heavy atom. The molecule has 4 N–H and O–H groups in total. The second kappa shape index (κ2) is 6.80. The molecule has 7 heteroatoms. The molecule has 0 amide bonds. The van der Waals surface area contributed by atoms with Gasteiger partial charge in [-0.2, -0.15) is 5.10 Å². The molecule has 3 rings (SSSR count). The maximum absolute atomic E-state index is 9.63. The minimum absolute atomic E-state index is 0.0749. The molecular formula is C16H18N4O2S. The third-order valence-electron chi connectivity index (χ3n) is 3.78. The van der Waals surface area contributed by atoms with Gasteiger partial charge in [0.1, 0.15) is 11.5 Å². The van der Waals surface area contributed by atoms with Crippen molar-refractivity contribution in [1.82, 2.24) is 5.43 Å². The van der Waals surface area contributed by atoms with Crippen LogP contribution in [0, 0.1) is 0 Å². The van der Waals surface area contributed by atoms with Gasteiger partial charge in [-0.1, -0.05) is 18.2 Å². The second-order valence-corrected chi connectivity index (χ2v) is 5.78. The lowest BCUT2D eigenvalue weighted by Gasteiger charge is -2.25. The molecule has 1 atom stereocenters. The summed E-state index contributed by atoms with van der Waals surface area (Å²) in [6.45, 7) is 0.709. The van der Waals surface area contributed by atoms with E-state index in [1.807, 2.05) is 24.3 Å². The number of rotatable bonds is 5. The van der Waals surface area contributed by atoms with Crippen molar-refractivity contribution in [2.24, 2.45) is 10.8 Å². The first-order valence-corrected chi connectivity index (χ1v) is 7.71. The van der Waals surface area contributed by atoms with Crippen LogP contribution in [0.4, 0.5) is 5.69 Å². The van der Waals surface area contributed by atoms with Crippen LogP contribution in [0.2, 0.25) is 0 Å². The molecule has 0 saturated carbocycles. The number of para-hydroxylation sites is 1. The summed E-state index contributed by atoms with van der Waals surface area (Å²) in [7, 11) is 0. The first-order chi connectivity index (χ1) is 11.2. The number of aliphatic hydroxyl groups is 1. The lowest BCUT2D eigenvalue weighted by atomic mass is 10.1. The van der Waals surface area contributed by atoms with Crippen molar-refractivity contribution in [3.05, 3.63) is 53.5 Å². The number of nitrogens with zero attached hydrogens (tertiary/aromatic N) is 2. The lowest BCUT2D eigenvalue weighted by Crippen LogP contribution is -2.34. The number of hydrazone groups is 1. The van der Waals surface area contributed by atoms with Gasteiger partial charge in [0, 0.05) is 5.69 Å². The molecule has 0 aliphatic carbocycles. The van der Waals surface area contributed by atoms with Crippen molar-refractivity contribution < 1.29 is 9.52 Å². The van der Waals surface area contributed by atoms with Crippen molar-refractivity contribution >= 4 is 29.2 Å². The van der Waals surface area contributed by atoms with Gasteiger partial charge in [-0.15, -0.1) is 0 Å². The number of thiocarbonyl (C=S) groups is 1. The normalized spacial score (nSPS) is 16.7. The number of anilines is 1. The van der Waals surface area contributed by atoms with Crippen LogP contribution >= 0.6 is 12.2 Å². The van der Waals surface area contributed by atoms with Crippen molar-refractivity contribution in [2.75, 3.05) is 11.5 Å². The first kappa shape index (κ1) is 15.5. The second-order valence-electron chi connectivity index (χ2n) is 5.34. The summed E-state index contributed by atoms with van der Waals surface area (Å²) >= 11 is 4.67. The Kier molecular flexibility index (Phi) is 4.59. The van der Waals surface area contributed by atoms with E-state index < -0.39 is 0 Å². The molecule has 2 heterocycles. The van der Waals surface area contributed by atoms with Gasteiger partial charge in [0.25, 0.3) is 0 Å². The number of aliphatic hydroxyl groups excluding tert-OH is 1. The number of hydrogen-bond donors (Lipinski definition) is 3. The van der Waals surface area contributed by atoms with Crippen molar-refractivity contribution in [3.8, 4) is 0 Å². The zero-order valence-corrected chi connectivity index (χ0v) is 13.3. The summed E-state index contributed by atoms with van der Waals surface area (Å²) in [4.78, 5) is 2.17. The number of nitrogens with one attached hydrogen (secondary N) is 1. The molecule has 0 fully saturated rings. The third-order valence-corrected chi connectivity index (χ3v) is 3.87. The molecule has 0 radical (unpaired) electrons. The predicted octanol–water partition coefficient (Wildman–Crippen LogP) is 1.37. The summed E-state index contributed by atoms with van der Waals surface area (Å²) in [5.74, 6) is 1.41. The van der Waals surface area contributed by atoms with Crippen LogP contribution in [-0.2, 0) is 13.0 Å². The van der Waals surface area contributed by atoms with E-state index in [0.29, 0.717) is 12.3 Å². The number of fused-ring (bicyclic) bond motifs is 1. The lowest BCUT2D eigenvalue weighted by molar-refractivity contribution is 0.261. The van der Waals surface area contributed by atoms with Gasteiger partial charge in [0.2, 0.25) is 0 Å². The van der Waals surface area contributed by atoms with Gasteiger partial charge in [0.15, 0.2) is 5.11 Å². The van der Waals surface area contributed by atoms with E-state index in [0.717, 1.165) is 17.9 Å². The van der Waals surface area contributed by atoms with E-state index in [1.165, 1.54) is 11.8 Å². The molecule has 120 valence electrons. The van der Waals surface area contributed by atoms with E-state index in [-0.39, 0.29) is 17.8 Å². The van der Waals surface area contributed by atoms with E-state index in [9.17, 15) is 5.11 Å². The smallest absolute Gasteiger partial charge is 0.184 e. The number of nitrogens with two attached hydrogens (primary N) is 1. The quantitative estimate of drug-likeness (QED) is 0.436. The van der Waals surface area contributed by atoms with Crippen molar-refractivity contribution in [3.63, 3.8) is 0 Å². The fourth-order valence-corrected chi connectivity index (χ4v) is 2.83. The molecule has 0 unspecified atom stereocenters. The number of hydrogen-bond acceptors (Lipinski definition) is 5. The van der Waals surface area contributed by atoms with Crippen LogP contribution in [0.15, 0.2) is 45.9 Å². The molecule has 2 aromatic rings. The monoisotopic (exact) mass is 330 g/mol. The Bertz CT molecular complexity index is 728. The SMILES string of the molecule is NC(=S)N/N=C/c1ccc(CN2c3ccccc3C[C@H]2CO)o1. The Labute approximate surface area is 139 Å². The molecular weight excluding hydrogens is 312 g/mol. The summed E-state index contributed by atoms with van der Waals surface area (Å²) < 4.78 is 5.74. The Balaban J connectivity index is 1.73. The third kappa shape index (κ3) is 3.52. The summed E-state index contributed by atoms with van der Waals surface area (Å²) in [5, 5.41) is 13.6. The maximum atomic E-state index is 9.63. The van der Waals surface area contributed by atoms with Gasteiger partial charge in [-0.25, -0.2) is 0 Å². The molecule has 1 aliphatic rings. The molecule has 6 nitrogen and oxygen atoms in total. The van der Waals surface area contributed by atoms with Crippen molar-refractivity contribution in [1.29, 1.82) is 0 Å². The van der Waals surface area contributed by atoms with Crippen LogP contribution in [-0.4, -0.2) is 29.1 Å². The van der Waals surface area contributed by atoms with Crippen LogP contribution in [0.25, 0.3) is 0 Å². The van der Waals surface area contributed by atoms with Gasteiger partial charge in [-0.3, -0.25) is 5.43 Å². The maximum Gasteiger partial charge on any atom is 0.184 e. The van der Waals surface area contributed by atoms with Crippen LogP contribution < -0.4 is 16.1 Å². The number of furan rings is 1. The van der Waals surface area contributed by atoms with Crippen LogP contribution in [0.5, 0.6) is 0 Å². The summed E-state index contributed by atoms with van der Waals surface area (Å²) in [5.41, 5.74) is 10.2.